The van der Waals surface area contributed by atoms with Gasteiger partial charge in [0.05, 0.1) is 0 Å². The molecule has 2 aromatic rings. The number of alkyl halides is 1. The molecule has 0 amide bonds. The summed E-state index contributed by atoms with van der Waals surface area (Å²) in [6, 6.07) is 8.61. The highest BCUT2D eigenvalue weighted by Crippen LogP contribution is 2.26. The van der Waals surface area contributed by atoms with Gasteiger partial charge in [0.25, 0.3) is 0 Å². The summed E-state index contributed by atoms with van der Waals surface area (Å²) in [6.07, 6.45) is 3.40. The van der Waals surface area contributed by atoms with Crippen LogP contribution in [0.4, 0.5) is 4.39 Å². The summed E-state index contributed by atoms with van der Waals surface area (Å²) >= 11 is 3.38. The van der Waals surface area contributed by atoms with Crippen LogP contribution in [0, 0.1) is 5.82 Å². The Bertz CT molecular complexity index is 471. The Hall–Kier alpha value is -1.22. The van der Waals surface area contributed by atoms with Crippen molar-refractivity contribution >= 4 is 15.9 Å². The van der Waals surface area contributed by atoms with Gasteiger partial charge in [-0.3, -0.25) is 4.98 Å². The molecule has 0 aliphatic heterocycles. The first kappa shape index (κ1) is 10.3. The van der Waals surface area contributed by atoms with Crippen molar-refractivity contribution in [3.05, 3.63) is 54.1 Å². The zero-order valence-corrected chi connectivity index (χ0v) is 9.54. The van der Waals surface area contributed by atoms with Crippen LogP contribution in [0.1, 0.15) is 5.56 Å². The van der Waals surface area contributed by atoms with E-state index in [0.717, 1.165) is 11.1 Å². The monoisotopic (exact) mass is 265 g/mol. The summed E-state index contributed by atoms with van der Waals surface area (Å²) < 4.78 is 13.5. The van der Waals surface area contributed by atoms with E-state index >= 15 is 0 Å². The van der Waals surface area contributed by atoms with Crippen molar-refractivity contribution in [1.82, 2.24) is 4.98 Å². The van der Waals surface area contributed by atoms with Gasteiger partial charge in [-0.25, -0.2) is 4.39 Å². The molecule has 1 aromatic heterocycles. The van der Waals surface area contributed by atoms with E-state index in [2.05, 4.69) is 20.9 Å². The zero-order chi connectivity index (χ0) is 10.7. The second-order valence-corrected chi connectivity index (χ2v) is 3.71. The van der Waals surface area contributed by atoms with E-state index in [1.807, 2.05) is 12.1 Å². The lowest BCUT2D eigenvalue weighted by molar-refractivity contribution is 0.631. The maximum absolute atomic E-state index is 13.5. The van der Waals surface area contributed by atoms with Crippen molar-refractivity contribution < 1.29 is 4.39 Å². The first-order valence-corrected chi connectivity index (χ1v) is 5.69. The number of hydrogen-bond acceptors (Lipinski definition) is 1. The van der Waals surface area contributed by atoms with Crippen LogP contribution in [0.15, 0.2) is 42.7 Å². The lowest BCUT2D eigenvalue weighted by Crippen LogP contribution is -1.90. The van der Waals surface area contributed by atoms with Crippen LogP contribution >= 0.6 is 15.9 Å². The summed E-state index contributed by atoms with van der Waals surface area (Å²) in [5.41, 5.74) is 2.47. The quantitative estimate of drug-likeness (QED) is 0.754. The van der Waals surface area contributed by atoms with Crippen LogP contribution in [0.3, 0.4) is 0 Å². The number of halogens is 2. The van der Waals surface area contributed by atoms with Crippen molar-refractivity contribution in [1.29, 1.82) is 0 Å². The Morgan fingerprint density at radius 2 is 1.93 bits per heavy atom. The van der Waals surface area contributed by atoms with E-state index in [4.69, 9.17) is 0 Å². The third kappa shape index (κ3) is 2.07. The predicted octanol–water partition coefficient (Wildman–Crippen LogP) is 3.78. The summed E-state index contributed by atoms with van der Waals surface area (Å²) in [6.45, 7) is 0. The van der Waals surface area contributed by atoms with Crippen molar-refractivity contribution in [3.8, 4) is 11.1 Å². The molecule has 76 valence electrons. The van der Waals surface area contributed by atoms with Crippen molar-refractivity contribution in [2.24, 2.45) is 0 Å². The van der Waals surface area contributed by atoms with Crippen LogP contribution in [0.25, 0.3) is 11.1 Å². The van der Waals surface area contributed by atoms with E-state index in [-0.39, 0.29) is 5.82 Å². The number of pyridine rings is 1. The summed E-state index contributed by atoms with van der Waals surface area (Å²) in [5, 5.41) is 0.694. The molecule has 1 heterocycles. The molecule has 0 fully saturated rings. The minimum atomic E-state index is -0.215. The number of aromatic nitrogens is 1. The molecule has 15 heavy (non-hydrogen) atoms. The maximum Gasteiger partial charge on any atom is 0.131 e. The first-order valence-electron chi connectivity index (χ1n) is 4.56. The van der Waals surface area contributed by atoms with E-state index in [1.165, 1.54) is 6.07 Å². The lowest BCUT2D eigenvalue weighted by atomic mass is 10.0. The Labute approximate surface area is 96.1 Å². The molecule has 1 aromatic carbocycles. The molecule has 0 bridgehead atoms. The molecular weight excluding hydrogens is 257 g/mol. The fraction of sp³-hybridized carbons (Fsp3) is 0.0833. The summed E-state index contributed by atoms with van der Waals surface area (Å²) in [7, 11) is 0. The highest BCUT2D eigenvalue weighted by molar-refractivity contribution is 9.08. The molecule has 0 N–H and O–H groups in total. The van der Waals surface area contributed by atoms with E-state index in [9.17, 15) is 4.39 Å². The van der Waals surface area contributed by atoms with Crippen molar-refractivity contribution in [3.63, 3.8) is 0 Å². The fourth-order valence-corrected chi connectivity index (χ4v) is 1.95. The Kier molecular flexibility index (Phi) is 3.11. The van der Waals surface area contributed by atoms with E-state index in [1.54, 1.807) is 24.5 Å². The largest absolute Gasteiger partial charge is 0.264 e. The zero-order valence-electron chi connectivity index (χ0n) is 7.95. The Morgan fingerprint density at radius 3 is 2.67 bits per heavy atom. The van der Waals surface area contributed by atoms with Crippen LogP contribution < -0.4 is 0 Å². The SMILES string of the molecule is Fc1ccccc1-c1cnccc1CBr. The number of rotatable bonds is 2. The normalized spacial score (nSPS) is 10.3. The van der Waals surface area contributed by atoms with Gasteiger partial charge in [-0.15, -0.1) is 0 Å². The molecular formula is C12H9BrFN. The van der Waals surface area contributed by atoms with Gasteiger partial charge in [-0.2, -0.15) is 0 Å². The Morgan fingerprint density at radius 1 is 1.13 bits per heavy atom. The molecule has 0 unspecified atom stereocenters. The highest BCUT2D eigenvalue weighted by Gasteiger charge is 2.07. The van der Waals surface area contributed by atoms with Crippen LogP contribution in [0.5, 0.6) is 0 Å². The van der Waals surface area contributed by atoms with Gasteiger partial charge in [0.1, 0.15) is 5.82 Å². The van der Waals surface area contributed by atoms with Crippen molar-refractivity contribution in [2.45, 2.75) is 5.33 Å². The van der Waals surface area contributed by atoms with Gasteiger partial charge in [0, 0.05) is 28.9 Å². The van der Waals surface area contributed by atoms with Gasteiger partial charge < -0.3 is 0 Å². The molecule has 2 rings (SSSR count). The molecule has 0 aliphatic rings. The predicted molar refractivity (Wildman–Crippen MR) is 62.3 cm³/mol. The average molecular weight is 266 g/mol. The number of nitrogens with zero attached hydrogens (tertiary/aromatic N) is 1. The van der Waals surface area contributed by atoms with Crippen LogP contribution in [0.2, 0.25) is 0 Å². The second-order valence-electron chi connectivity index (χ2n) is 3.15. The minimum Gasteiger partial charge on any atom is -0.264 e. The molecule has 0 saturated carbocycles. The van der Waals surface area contributed by atoms with Gasteiger partial charge in [-0.1, -0.05) is 34.1 Å². The van der Waals surface area contributed by atoms with E-state index < -0.39 is 0 Å². The maximum atomic E-state index is 13.5. The standard InChI is InChI=1S/C12H9BrFN/c13-7-9-5-6-15-8-11(9)10-3-1-2-4-12(10)14/h1-6,8H,7H2. The topological polar surface area (TPSA) is 12.9 Å². The first-order chi connectivity index (χ1) is 7.33. The van der Waals surface area contributed by atoms with Gasteiger partial charge in [0.15, 0.2) is 0 Å². The van der Waals surface area contributed by atoms with Crippen molar-refractivity contribution in [2.75, 3.05) is 0 Å². The molecule has 3 heteroatoms. The minimum absolute atomic E-state index is 0.215. The molecule has 0 radical (unpaired) electrons. The van der Waals surface area contributed by atoms with Crippen LogP contribution in [-0.4, -0.2) is 4.98 Å². The lowest BCUT2D eigenvalue weighted by Gasteiger charge is -2.07. The fourth-order valence-electron chi connectivity index (χ4n) is 1.46. The third-order valence-corrected chi connectivity index (χ3v) is 2.82. The second kappa shape index (κ2) is 4.53. The highest BCUT2D eigenvalue weighted by atomic mass is 79.9. The third-order valence-electron chi connectivity index (χ3n) is 2.22. The molecule has 0 aliphatic carbocycles. The molecule has 0 spiro atoms. The number of hydrogen-bond donors (Lipinski definition) is 0. The van der Waals surface area contributed by atoms with Gasteiger partial charge in [-0.05, 0) is 17.7 Å². The van der Waals surface area contributed by atoms with Gasteiger partial charge >= 0.3 is 0 Å². The summed E-state index contributed by atoms with van der Waals surface area (Å²) in [4.78, 5) is 4.02. The smallest absolute Gasteiger partial charge is 0.131 e. The average Bonchev–Trinajstić information content (AvgIpc) is 2.30. The van der Waals surface area contributed by atoms with Gasteiger partial charge in [0.2, 0.25) is 0 Å². The Balaban J connectivity index is 2.59. The number of benzene rings is 1. The van der Waals surface area contributed by atoms with E-state index in [0.29, 0.717) is 10.9 Å². The molecule has 0 atom stereocenters. The van der Waals surface area contributed by atoms with Crippen LogP contribution in [-0.2, 0) is 5.33 Å². The molecule has 1 nitrogen and oxygen atoms in total. The molecule has 0 saturated heterocycles. The summed E-state index contributed by atoms with van der Waals surface area (Å²) in [5.74, 6) is -0.215.